The number of benzene rings is 3. The molecule has 3 aromatic carbocycles. The van der Waals surface area contributed by atoms with Crippen molar-refractivity contribution in [2.75, 3.05) is 14.1 Å². The van der Waals surface area contributed by atoms with E-state index in [1.165, 1.54) is 16.2 Å². The van der Waals surface area contributed by atoms with Crippen molar-refractivity contribution in [2.24, 2.45) is 0 Å². The van der Waals surface area contributed by atoms with Crippen molar-refractivity contribution in [3.05, 3.63) is 96.6 Å². The van der Waals surface area contributed by atoms with Crippen molar-refractivity contribution in [2.45, 2.75) is 19.1 Å². The fraction of sp³-hybridized carbons (Fsp3) is 0.217. The molecule has 0 aliphatic heterocycles. The predicted octanol–water partition coefficient (Wildman–Crippen LogP) is 4.74. The number of hydrogen-bond donors (Lipinski definition) is 0. The van der Waals surface area contributed by atoms with Gasteiger partial charge in [0, 0.05) is 16.7 Å². The van der Waals surface area contributed by atoms with Crippen molar-refractivity contribution in [3.63, 3.8) is 0 Å². The Hall–Kier alpha value is -1.99. The van der Waals surface area contributed by atoms with E-state index in [-0.39, 0.29) is 12.1 Å². The molecule has 3 heteroatoms. The van der Waals surface area contributed by atoms with E-state index in [1.807, 2.05) is 0 Å². The van der Waals surface area contributed by atoms with E-state index in [1.54, 1.807) is 0 Å². The van der Waals surface area contributed by atoms with Crippen molar-refractivity contribution in [1.82, 2.24) is 4.90 Å². The quantitative estimate of drug-likeness (QED) is 0.562. The third kappa shape index (κ3) is 4.59. The monoisotopic (exact) mass is 363 g/mol. The van der Waals surface area contributed by atoms with Gasteiger partial charge < -0.3 is 9.42 Å². The van der Waals surface area contributed by atoms with Crippen LogP contribution in [0.3, 0.4) is 0 Å². The zero-order valence-corrected chi connectivity index (χ0v) is 16.5. The maximum absolute atomic E-state index is 6.86. The maximum atomic E-state index is 6.86. The summed E-state index contributed by atoms with van der Waals surface area (Å²) in [7, 11) is 3.32. The van der Waals surface area contributed by atoms with Gasteiger partial charge in [0.1, 0.15) is 6.10 Å². The first-order chi connectivity index (χ1) is 12.7. The molecule has 3 aromatic rings. The van der Waals surface area contributed by atoms with Crippen LogP contribution >= 0.6 is 8.15 Å². The first kappa shape index (κ1) is 18.8. The van der Waals surface area contributed by atoms with Crippen LogP contribution < -0.4 is 10.6 Å². The molecule has 0 heterocycles. The van der Waals surface area contributed by atoms with Crippen LogP contribution in [-0.2, 0) is 4.52 Å². The summed E-state index contributed by atoms with van der Waals surface area (Å²) in [5.74, 6) is 0. The Labute approximate surface area is 158 Å². The van der Waals surface area contributed by atoms with Crippen LogP contribution in [0.5, 0.6) is 0 Å². The highest BCUT2D eigenvalue weighted by Gasteiger charge is 2.27. The Morgan fingerprint density at radius 2 is 1.12 bits per heavy atom. The van der Waals surface area contributed by atoms with E-state index in [2.05, 4.69) is 117 Å². The SMILES string of the molecule is C[C@@H]([C@H](OP(c1ccccc1)c1ccccc1)c1ccccc1)N(C)C. The summed E-state index contributed by atoms with van der Waals surface area (Å²) < 4.78 is 6.86. The molecule has 0 bridgehead atoms. The lowest BCUT2D eigenvalue weighted by Crippen LogP contribution is -2.33. The molecule has 134 valence electrons. The van der Waals surface area contributed by atoms with Crippen LogP contribution in [0, 0.1) is 0 Å². The van der Waals surface area contributed by atoms with Crippen molar-refractivity contribution >= 4 is 18.8 Å². The van der Waals surface area contributed by atoms with Crippen molar-refractivity contribution in [3.8, 4) is 0 Å². The molecule has 0 radical (unpaired) electrons. The first-order valence-electron chi connectivity index (χ1n) is 8.95. The molecule has 2 nitrogen and oxygen atoms in total. The third-order valence-corrected chi connectivity index (χ3v) is 6.55. The Bertz CT molecular complexity index is 738. The molecule has 0 aliphatic carbocycles. The maximum Gasteiger partial charge on any atom is 0.103 e. The number of hydrogen-bond acceptors (Lipinski definition) is 2. The molecule has 0 saturated carbocycles. The molecule has 0 saturated heterocycles. The van der Waals surface area contributed by atoms with Crippen LogP contribution in [0.25, 0.3) is 0 Å². The zero-order chi connectivity index (χ0) is 18.4. The van der Waals surface area contributed by atoms with E-state index >= 15 is 0 Å². The molecule has 2 atom stereocenters. The van der Waals surface area contributed by atoms with Crippen molar-refractivity contribution < 1.29 is 4.52 Å². The number of likely N-dealkylation sites (N-methyl/N-ethyl adjacent to an activating group) is 1. The Morgan fingerprint density at radius 1 is 0.692 bits per heavy atom. The summed E-state index contributed by atoms with van der Waals surface area (Å²) in [5, 5.41) is 2.47. The predicted molar refractivity (Wildman–Crippen MR) is 112 cm³/mol. The molecule has 0 aromatic heterocycles. The van der Waals surface area contributed by atoms with E-state index in [0.717, 1.165) is 0 Å². The Morgan fingerprint density at radius 3 is 1.54 bits per heavy atom. The van der Waals surface area contributed by atoms with Gasteiger partial charge in [0.25, 0.3) is 0 Å². The Kier molecular flexibility index (Phi) is 6.57. The normalized spacial score (nSPS) is 13.7. The van der Waals surface area contributed by atoms with E-state index in [9.17, 15) is 0 Å². The van der Waals surface area contributed by atoms with Gasteiger partial charge in [0.15, 0.2) is 0 Å². The van der Waals surface area contributed by atoms with E-state index in [0.29, 0.717) is 0 Å². The average molecular weight is 363 g/mol. The molecule has 0 unspecified atom stereocenters. The highest BCUT2D eigenvalue weighted by molar-refractivity contribution is 7.68. The van der Waals surface area contributed by atoms with Crippen molar-refractivity contribution in [1.29, 1.82) is 0 Å². The molecular formula is C23H26NOP. The van der Waals surface area contributed by atoms with Gasteiger partial charge >= 0.3 is 0 Å². The minimum Gasteiger partial charge on any atom is -0.340 e. The fourth-order valence-corrected chi connectivity index (χ4v) is 4.80. The van der Waals surface area contributed by atoms with Gasteiger partial charge in [-0.15, -0.1) is 0 Å². The van der Waals surface area contributed by atoms with E-state index in [4.69, 9.17) is 4.52 Å². The second kappa shape index (κ2) is 9.09. The second-order valence-corrected chi connectivity index (χ2v) is 8.44. The van der Waals surface area contributed by atoms with Crippen LogP contribution in [0.15, 0.2) is 91.0 Å². The topological polar surface area (TPSA) is 12.5 Å². The van der Waals surface area contributed by atoms with Gasteiger partial charge in [-0.3, -0.25) is 0 Å². The molecule has 3 rings (SSSR count). The molecule has 0 aliphatic rings. The van der Waals surface area contributed by atoms with E-state index < -0.39 is 8.15 Å². The largest absolute Gasteiger partial charge is 0.340 e. The summed E-state index contributed by atoms with van der Waals surface area (Å²) in [6.07, 6.45) is -0.00211. The minimum absolute atomic E-state index is 0.00211. The molecule has 0 fully saturated rings. The summed E-state index contributed by atoms with van der Waals surface area (Å²) >= 11 is 0. The number of nitrogens with zero attached hydrogens (tertiary/aromatic N) is 1. The van der Waals surface area contributed by atoms with Crippen LogP contribution in [-0.4, -0.2) is 25.0 Å². The summed E-state index contributed by atoms with van der Waals surface area (Å²) in [6, 6.07) is 31.9. The lowest BCUT2D eigenvalue weighted by atomic mass is 10.0. The lowest BCUT2D eigenvalue weighted by Gasteiger charge is -2.33. The van der Waals surface area contributed by atoms with Crippen LogP contribution in [0.1, 0.15) is 18.6 Å². The van der Waals surface area contributed by atoms with Gasteiger partial charge in [-0.1, -0.05) is 91.0 Å². The first-order valence-corrected chi connectivity index (χ1v) is 10.2. The minimum atomic E-state index is -0.898. The fourth-order valence-electron chi connectivity index (χ4n) is 2.85. The highest BCUT2D eigenvalue weighted by atomic mass is 31.1. The molecule has 0 spiro atoms. The molecule has 0 amide bonds. The van der Waals surface area contributed by atoms with Crippen LogP contribution in [0.4, 0.5) is 0 Å². The lowest BCUT2D eigenvalue weighted by molar-refractivity contribution is 0.123. The standard InChI is InChI=1S/C23H26NOP/c1-19(24(2)3)23(20-13-7-4-8-14-20)25-26(21-15-9-5-10-16-21)22-17-11-6-12-18-22/h4-19,23H,1-3H3/t19-,23-/m0/s1. The van der Waals surface area contributed by atoms with Gasteiger partial charge in [0.05, 0.1) is 8.15 Å². The van der Waals surface area contributed by atoms with Gasteiger partial charge in [-0.25, -0.2) is 0 Å². The smallest absolute Gasteiger partial charge is 0.103 e. The zero-order valence-electron chi connectivity index (χ0n) is 15.6. The second-order valence-electron chi connectivity index (χ2n) is 6.61. The number of rotatable bonds is 7. The highest BCUT2D eigenvalue weighted by Crippen LogP contribution is 2.42. The van der Waals surface area contributed by atoms with Crippen LogP contribution in [0.2, 0.25) is 0 Å². The molecular weight excluding hydrogens is 337 g/mol. The Balaban J connectivity index is 1.99. The third-order valence-electron chi connectivity index (χ3n) is 4.58. The van der Waals surface area contributed by atoms with Gasteiger partial charge in [-0.05, 0) is 26.6 Å². The van der Waals surface area contributed by atoms with Gasteiger partial charge in [-0.2, -0.15) is 0 Å². The summed E-state index contributed by atoms with van der Waals surface area (Å²) in [5.41, 5.74) is 1.22. The molecule has 0 N–H and O–H groups in total. The van der Waals surface area contributed by atoms with Gasteiger partial charge in [0.2, 0.25) is 0 Å². The molecule has 26 heavy (non-hydrogen) atoms. The summed E-state index contributed by atoms with van der Waals surface area (Å²) in [4.78, 5) is 2.22. The summed E-state index contributed by atoms with van der Waals surface area (Å²) in [6.45, 7) is 2.22. The average Bonchev–Trinajstić information content (AvgIpc) is 2.70.